The standard InChI is InChI=1S/C28H24ClF3N2O5/c29-23-10-9-22-21(13-14-33-16-27(22)38-24(35)11-12-25(36)39-27)26(23)34-15-17-1-5-19(6-2-17)37-20-7-3-18(4-8-20)28(30,31)32/h1-10,33-34H,11-16H2. The molecule has 0 aromatic heterocycles. The van der Waals surface area contributed by atoms with Gasteiger partial charge >= 0.3 is 18.1 Å². The summed E-state index contributed by atoms with van der Waals surface area (Å²) in [6.45, 7) is 1.06. The number of benzene rings is 3. The van der Waals surface area contributed by atoms with Gasteiger partial charge in [-0.15, -0.1) is 0 Å². The lowest BCUT2D eigenvalue weighted by Crippen LogP contribution is -2.43. The first-order valence-corrected chi connectivity index (χ1v) is 12.6. The van der Waals surface area contributed by atoms with Crippen LogP contribution in [0.15, 0.2) is 60.7 Å². The van der Waals surface area contributed by atoms with E-state index in [0.717, 1.165) is 23.3 Å². The molecule has 1 spiro atoms. The number of ether oxygens (including phenoxy) is 3. The molecule has 1 fully saturated rings. The first kappa shape index (κ1) is 26.8. The maximum atomic E-state index is 12.8. The Bertz CT molecular complexity index is 1360. The molecule has 2 N–H and O–H groups in total. The predicted octanol–water partition coefficient (Wildman–Crippen LogP) is 5.94. The van der Waals surface area contributed by atoms with Gasteiger partial charge in [0.2, 0.25) is 0 Å². The molecule has 39 heavy (non-hydrogen) atoms. The maximum Gasteiger partial charge on any atom is 0.416 e. The van der Waals surface area contributed by atoms with Gasteiger partial charge in [-0.05, 0) is 72.6 Å². The largest absolute Gasteiger partial charge is 0.457 e. The van der Waals surface area contributed by atoms with E-state index in [1.807, 2.05) is 12.1 Å². The van der Waals surface area contributed by atoms with Gasteiger partial charge in [0.05, 0.1) is 35.7 Å². The van der Waals surface area contributed by atoms with Crippen molar-refractivity contribution in [2.24, 2.45) is 0 Å². The zero-order valence-corrected chi connectivity index (χ0v) is 21.3. The summed E-state index contributed by atoms with van der Waals surface area (Å²) >= 11 is 6.56. The number of hydrogen-bond acceptors (Lipinski definition) is 7. The van der Waals surface area contributed by atoms with Crippen molar-refractivity contribution in [3.8, 4) is 11.5 Å². The van der Waals surface area contributed by atoms with Gasteiger partial charge in [-0.1, -0.05) is 23.7 Å². The summed E-state index contributed by atoms with van der Waals surface area (Å²) in [5.41, 5.74) is 2.11. The molecule has 11 heteroatoms. The lowest BCUT2D eigenvalue weighted by Gasteiger charge is -2.32. The first-order chi connectivity index (χ1) is 18.6. The topological polar surface area (TPSA) is 85.9 Å². The van der Waals surface area contributed by atoms with Crippen molar-refractivity contribution < 1.29 is 37.0 Å². The van der Waals surface area contributed by atoms with E-state index in [2.05, 4.69) is 10.6 Å². The molecule has 7 nitrogen and oxygen atoms in total. The van der Waals surface area contributed by atoms with E-state index in [1.54, 1.807) is 24.3 Å². The Morgan fingerprint density at radius 2 is 1.51 bits per heavy atom. The zero-order valence-electron chi connectivity index (χ0n) is 20.6. The molecular formula is C28H24ClF3N2O5. The molecule has 1 saturated heterocycles. The smallest absolute Gasteiger partial charge is 0.416 e. The molecule has 2 heterocycles. The minimum absolute atomic E-state index is 0.0484. The van der Waals surface area contributed by atoms with Crippen molar-refractivity contribution in [3.63, 3.8) is 0 Å². The average molecular weight is 561 g/mol. The first-order valence-electron chi connectivity index (χ1n) is 12.3. The second-order valence-corrected chi connectivity index (χ2v) is 9.61. The van der Waals surface area contributed by atoms with E-state index in [0.29, 0.717) is 41.5 Å². The van der Waals surface area contributed by atoms with E-state index in [4.69, 9.17) is 25.8 Å². The minimum Gasteiger partial charge on any atom is -0.457 e. The lowest BCUT2D eigenvalue weighted by molar-refractivity contribution is -0.225. The van der Waals surface area contributed by atoms with Gasteiger partial charge in [-0.2, -0.15) is 13.2 Å². The van der Waals surface area contributed by atoms with Gasteiger partial charge in [0.25, 0.3) is 5.79 Å². The van der Waals surface area contributed by atoms with E-state index in [-0.39, 0.29) is 25.1 Å². The number of halogens is 4. The average Bonchev–Trinajstić information content (AvgIpc) is 3.16. The monoisotopic (exact) mass is 560 g/mol. The van der Waals surface area contributed by atoms with Crippen LogP contribution in [0.1, 0.15) is 35.1 Å². The summed E-state index contributed by atoms with van der Waals surface area (Å²) < 4.78 is 55.3. The fraction of sp³-hybridized carbons (Fsp3) is 0.286. The van der Waals surface area contributed by atoms with Gasteiger partial charge in [0, 0.05) is 12.1 Å². The number of hydrogen-bond donors (Lipinski definition) is 2. The Kier molecular flexibility index (Phi) is 7.42. The number of carbonyl (C=O) groups is 2. The predicted molar refractivity (Wildman–Crippen MR) is 136 cm³/mol. The molecule has 0 unspecified atom stereocenters. The fourth-order valence-corrected chi connectivity index (χ4v) is 4.82. The van der Waals surface area contributed by atoms with Crippen LogP contribution in [0.4, 0.5) is 18.9 Å². The van der Waals surface area contributed by atoms with E-state index in [1.165, 1.54) is 12.1 Å². The maximum absolute atomic E-state index is 12.8. The van der Waals surface area contributed by atoms with Crippen molar-refractivity contribution in [2.75, 3.05) is 18.4 Å². The van der Waals surface area contributed by atoms with E-state index in [9.17, 15) is 22.8 Å². The molecule has 5 rings (SSSR count). The minimum atomic E-state index is -4.41. The third kappa shape index (κ3) is 5.97. The third-order valence-electron chi connectivity index (χ3n) is 6.48. The summed E-state index contributed by atoms with van der Waals surface area (Å²) in [5.74, 6) is -1.85. The van der Waals surface area contributed by atoms with E-state index >= 15 is 0 Å². The van der Waals surface area contributed by atoms with Crippen LogP contribution in [0.2, 0.25) is 5.02 Å². The van der Waals surface area contributed by atoms with Crippen LogP contribution in [0.5, 0.6) is 11.5 Å². The Hall–Kier alpha value is -3.76. The van der Waals surface area contributed by atoms with E-state index < -0.39 is 29.5 Å². The van der Waals surface area contributed by atoms with Crippen LogP contribution in [-0.4, -0.2) is 25.0 Å². The van der Waals surface area contributed by atoms with Crippen LogP contribution >= 0.6 is 11.6 Å². The van der Waals surface area contributed by atoms with Gasteiger partial charge in [-0.3, -0.25) is 9.59 Å². The zero-order chi connectivity index (χ0) is 27.6. The highest BCUT2D eigenvalue weighted by Crippen LogP contribution is 2.40. The lowest BCUT2D eigenvalue weighted by atomic mass is 9.96. The normalized spacial score (nSPS) is 16.9. The highest BCUT2D eigenvalue weighted by atomic mass is 35.5. The Morgan fingerprint density at radius 3 is 2.13 bits per heavy atom. The highest BCUT2D eigenvalue weighted by Gasteiger charge is 2.46. The van der Waals surface area contributed by atoms with Crippen molar-refractivity contribution in [3.05, 3.63) is 87.9 Å². The number of carbonyl (C=O) groups excluding carboxylic acids is 2. The van der Waals surface area contributed by atoms with Gasteiger partial charge in [-0.25, -0.2) is 0 Å². The summed E-state index contributed by atoms with van der Waals surface area (Å²) in [6, 6.07) is 14.9. The number of rotatable bonds is 5. The van der Waals surface area contributed by atoms with Gasteiger partial charge in [0.15, 0.2) is 0 Å². The highest BCUT2D eigenvalue weighted by molar-refractivity contribution is 6.33. The molecule has 204 valence electrons. The summed E-state index contributed by atoms with van der Waals surface area (Å²) in [6.07, 6.45) is -3.95. The Morgan fingerprint density at radius 1 is 0.897 bits per heavy atom. The Balaban J connectivity index is 1.32. The summed E-state index contributed by atoms with van der Waals surface area (Å²) in [7, 11) is 0. The molecule has 0 saturated carbocycles. The van der Waals surface area contributed by atoms with Crippen LogP contribution < -0.4 is 15.4 Å². The number of anilines is 1. The number of alkyl halides is 3. The molecule has 0 amide bonds. The van der Waals surface area contributed by atoms with Crippen LogP contribution in [0.3, 0.4) is 0 Å². The number of nitrogens with one attached hydrogen (secondary N) is 2. The SMILES string of the molecule is O=C1CCC(=O)OC2(CNCCc3c2ccc(Cl)c3NCc2ccc(Oc3ccc(C(F)(F)F)cc3)cc2)O1. The van der Waals surface area contributed by atoms with Crippen LogP contribution in [0, 0.1) is 0 Å². The van der Waals surface area contributed by atoms with Crippen molar-refractivity contribution in [2.45, 2.75) is 37.8 Å². The molecule has 3 aromatic carbocycles. The third-order valence-corrected chi connectivity index (χ3v) is 6.80. The molecule has 2 aliphatic heterocycles. The molecule has 0 atom stereocenters. The van der Waals surface area contributed by atoms with Crippen LogP contribution in [0.25, 0.3) is 0 Å². The molecule has 0 bridgehead atoms. The van der Waals surface area contributed by atoms with Crippen molar-refractivity contribution in [1.29, 1.82) is 0 Å². The number of esters is 2. The molecular weight excluding hydrogens is 537 g/mol. The number of fused-ring (bicyclic) bond motifs is 2. The summed E-state index contributed by atoms with van der Waals surface area (Å²) in [5, 5.41) is 6.99. The van der Waals surface area contributed by atoms with Crippen molar-refractivity contribution >= 4 is 29.2 Å². The second-order valence-electron chi connectivity index (χ2n) is 9.20. The molecule has 0 radical (unpaired) electrons. The summed E-state index contributed by atoms with van der Waals surface area (Å²) in [4.78, 5) is 24.6. The fourth-order valence-electron chi connectivity index (χ4n) is 4.58. The quantitative estimate of drug-likeness (QED) is 0.373. The second kappa shape index (κ2) is 10.8. The molecule has 3 aromatic rings. The molecule has 0 aliphatic carbocycles. The van der Waals surface area contributed by atoms with Crippen molar-refractivity contribution in [1.82, 2.24) is 5.32 Å². The van der Waals surface area contributed by atoms with Crippen LogP contribution in [-0.2, 0) is 44.0 Å². The molecule has 2 aliphatic rings. The van der Waals surface area contributed by atoms with Gasteiger partial charge < -0.3 is 24.8 Å². The van der Waals surface area contributed by atoms with Gasteiger partial charge in [0.1, 0.15) is 11.5 Å². The Labute approximate surface area is 227 Å².